The molecule has 0 bridgehead atoms. The number of hydrogen-bond donors (Lipinski definition) is 2. The van der Waals surface area contributed by atoms with Crippen LogP contribution in [0.3, 0.4) is 0 Å². The van der Waals surface area contributed by atoms with Crippen molar-refractivity contribution >= 4 is 40.4 Å². The fourth-order valence-electron chi connectivity index (χ4n) is 3.00. The Morgan fingerprint density at radius 1 is 1.05 bits per heavy atom. The van der Waals surface area contributed by atoms with Crippen molar-refractivity contribution in [3.05, 3.63) is 75.8 Å². The third-order valence-electron chi connectivity index (χ3n) is 3.94. The number of ketones is 1. The minimum atomic E-state index is -0.289. The second kappa shape index (κ2) is 4.93. The van der Waals surface area contributed by atoms with Crippen LogP contribution in [0.2, 0.25) is 5.02 Å². The summed E-state index contributed by atoms with van der Waals surface area (Å²) in [6.45, 7) is 0. The van der Waals surface area contributed by atoms with Gasteiger partial charge >= 0.3 is 0 Å². The summed E-state index contributed by atoms with van der Waals surface area (Å²) >= 11 is 11.4. The minimum absolute atomic E-state index is 0.0260. The Morgan fingerprint density at radius 3 is 2.59 bits per heavy atom. The Labute approximate surface area is 138 Å². The van der Waals surface area contributed by atoms with Gasteiger partial charge in [-0.25, -0.2) is 0 Å². The Bertz CT molecular complexity index is 859. The highest BCUT2D eigenvalue weighted by molar-refractivity contribution is 7.80. The molecule has 1 heterocycles. The van der Waals surface area contributed by atoms with E-state index in [1.807, 2.05) is 48.5 Å². The molecular weight excluding hydrogens is 316 g/mol. The van der Waals surface area contributed by atoms with Gasteiger partial charge in [0.2, 0.25) is 0 Å². The predicted octanol–water partition coefficient (Wildman–Crippen LogP) is 3.47. The van der Waals surface area contributed by atoms with E-state index in [9.17, 15) is 4.79 Å². The number of fused-ring (bicyclic) bond motifs is 2. The number of nitrogens with one attached hydrogen (secondary N) is 2. The van der Waals surface area contributed by atoms with E-state index in [0.717, 1.165) is 16.8 Å². The van der Waals surface area contributed by atoms with Gasteiger partial charge in [0.15, 0.2) is 10.9 Å². The molecule has 1 unspecified atom stereocenters. The largest absolute Gasteiger partial charge is 0.351 e. The summed E-state index contributed by atoms with van der Waals surface area (Å²) in [7, 11) is 0. The molecule has 0 radical (unpaired) electrons. The summed E-state index contributed by atoms with van der Waals surface area (Å²) in [5.74, 6) is 0.0260. The van der Waals surface area contributed by atoms with Crippen LogP contribution in [0.1, 0.15) is 27.5 Å². The van der Waals surface area contributed by atoms with Crippen LogP contribution in [0.4, 0.5) is 0 Å². The third kappa shape index (κ3) is 1.95. The Morgan fingerprint density at radius 2 is 1.82 bits per heavy atom. The van der Waals surface area contributed by atoms with Crippen molar-refractivity contribution in [1.82, 2.24) is 10.6 Å². The summed E-state index contributed by atoms with van der Waals surface area (Å²) in [5, 5.41) is 7.45. The third-order valence-corrected chi connectivity index (χ3v) is 4.39. The number of thiocarbonyl (C=S) groups is 1. The van der Waals surface area contributed by atoms with Gasteiger partial charge in [0, 0.05) is 16.1 Å². The highest BCUT2D eigenvalue weighted by atomic mass is 35.5. The molecule has 0 saturated heterocycles. The van der Waals surface area contributed by atoms with Crippen LogP contribution in [0.25, 0.3) is 5.70 Å². The molecule has 0 fully saturated rings. The van der Waals surface area contributed by atoms with Crippen LogP contribution < -0.4 is 10.6 Å². The monoisotopic (exact) mass is 326 g/mol. The van der Waals surface area contributed by atoms with Crippen molar-refractivity contribution in [1.29, 1.82) is 0 Å². The number of carbonyl (C=O) groups excluding carboxylic acids is 1. The quantitative estimate of drug-likeness (QED) is 0.787. The first kappa shape index (κ1) is 13.5. The van der Waals surface area contributed by atoms with Gasteiger partial charge in [0.25, 0.3) is 0 Å². The lowest BCUT2D eigenvalue weighted by Crippen LogP contribution is -2.43. The molecule has 1 atom stereocenters. The molecule has 2 aromatic carbocycles. The highest BCUT2D eigenvalue weighted by Gasteiger charge is 2.38. The standard InChI is InChI=1S/C17H11ClN2OS/c18-10-5-3-4-9(8-10)14-13-15(20-17(22)19-14)11-6-1-2-7-12(11)16(13)21/h1-8,14H,(H2,19,20,22). The van der Waals surface area contributed by atoms with Crippen molar-refractivity contribution in [2.75, 3.05) is 0 Å². The first-order chi connectivity index (χ1) is 10.6. The van der Waals surface area contributed by atoms with Crippen LogP contribution >= 0.6 is 23.8 Å². The Balaban J connectivity index is 1.90. The molecule has 1 aliphatic carbocycles. The number of benzene rings is 2. The molecule has 22 heavy (non-hydrogen) atoms. The molecule has 0 amide bonds. The van der Waals surface area contributed by atoms with E-state index in [-0.39, 0.29) is 11.8 Å². The minimum Gasteiger partial charge on any atom is -0.351 e. The number of halogens is 1. The molecule has 0 saturated carbocycles. The zero-order valence-electron chi connectivity index (χ0n) is 11.4. The van der Waals surface area contributed by atoms with Gasteiger partial charge in [-0.2, -0.15) is 0 Å². The number of hydrogen-bond acceptors (Lipinski definition) is 2. The molecule has 2 N–H and O–H groups in total. The first-order valence-electron chi connectivity index (χ1n) is 6.86. The molecular formula is C17H11ClN2OS. The number of rotatable bonds is 1. The van der Waals surface area contributed by atoms with Crippen LogP contribution in [0.5, 0.6) is 0 Å². The average molecular weight is 327 g/mol. The summed E-state index contributed by atoms with van der Waals surface area (Å²) in [5.41, 5.74) is 4.02. The lowest BCUT2D eigenvalue weighted by atomic mass is 9.94. The van der Waals surface area contributed by atoms with E-state index in [1.165, 1.54) is 0 Å². The molecule has 2 aliphatic rings. The second-order valence-corrected chi connectivity index (χ2v) is 6.09. The van der Waals surface area contributed by atoms with Gasteiger partial charge < -0.3 is 10.6 Å². The summed E-state index contributed by atoms with van der Waals surface area (Å²) < 4.78 is 0. The summed E-state index contributed by atoms with van der Waals surface area (Å²) in [4.78, 5) is 12.8. The Kier molecular flexibility index (Phi) is 3.03. The molecule has 5 heteroatoms. The van der Waals surface area contributed by atoms with E-state index < -0.39 is 0 Å². The fraction of sp³-hybridized carbons (Fsp3) is 0.0588. The van der Waals surface area contributed by atoms with Gasteiger partial charge in [0.1, 0.15) is 0 Å². The van der Waals surface area contributed by atoms with Crippen molar-refractivity contribution in [2.45, 2.75) is 6.04 Å². The van der Waals surface area contributed by atoms with E-state index >= 15 is 0 Å². The zero-order valence-corrected chi connectivity index (χ0v) is 13.0. The van der Waals surface area contributed by atoms with E-state index in [0.29, 0.717) is 21.3 Å². The van der Waals surface area contributed by atoms with Crippen molar-refractivity contribution in [3.63, 3.8) is 0 Å². The van der Waals surface area contributed by atoms with Crippen LogP contribution in [0, 0.1) is 0 Å². The fourth-order valence-corrected chi connectivity index (χ4v) is 3.42. The van der Waals surface area contributed by atoms with Crippen molar-refractivity contribution in [2.24, 2.45) is 0 Å². The lowest BCUT2D eigenvalue weighted by molar-refractivity contribution is 0.103. The normalized spacial score (nSPS) is 19.4. The van der Waals surface area contributed by atoms with Gasteiger partial charge in [-0.05, 0) is 29.9 Å². The maximum absolute atomic E-state index is 12.8. The lowest BCUT2D eigenvalue weighted by Gasteiger charge is -2.28. The SMILES string of the molecule is O=C1C2=C(NC(=S)NC2c2cccc(Cl)c2)c2ccccc21. The highest BCUT2D eigenvalue weighted by Crippen LogP contribution is 2.40. The average Bonchev–Trinajstić information content (AvgIpc) is 2.80. The summed E-state index contributed by atoms with van der Waals surface area (Å²) in [6, 6.07) is 14.8. The Hall–Kier alpha value is -2.17. The van der Waals surface area contributed by atoms with Gasteiger partial charge in [-0.3, -0.25) is 4.79 Å². The predicted molar refractivity (Wildman–Crippen MR) is 90.8 cm³/mol. The maximum atomic E-state index is 12.8. The van der Waals surface area contributed by atoms with Gasteiger partial charge in [0.05, 0.1) is 17.3 Å². The van der Waals surface area contributed by atoms with Crippen LogP contribution in [-0.2, 0) is 0 Å². The molecule has 0 aromatic heterocycles. The zero-order chi connectivity index (χ0) is 15.3. The molecule has 1 aliphatic heterocycles. The van der Waals surface area contributed by atoms with Crippen LogP contribution in [0.15, 0.2) is 54.1 Å². The molecule has 2 aromatic rings. The maximum Gasteiger partial charge on any atom is 0.194 e. The van der Waals surface area contributed by atoms with Crippen molar-refractivity contribution < 1.29 is 4.79 Å². The van der Waals surface area contributed by atoms with Gasteiger partial charge in [-0.1, -0.05) is 48.0 Å². The molecule has 3 nitrogen and oxygen atoms in total. The molecule has 4 rings (SSSR count). The van der Waals surface area contributed by atoms with E-state index in [2.05, 4.69) is 10.6 Å². The van der Waals surface area contributed by atoms with Crippen LogP contribution in [-0.4, -0.2) is 10.9 Å². The topological polar surface area (TPSA) is 41.1 Å². The smallest absolute Gasteiger partial charge is 0.194 e. The first-order valence-corrected chi connectivity index (χ1v) is 7.65. The summed E-state index contributed by atoms with van der Waals surface area (Å²) in [6.07, 6.45) is 0. The number of carbonyl (C=O) groups is 1. The second-order valence-electron chi connectivity index (χ2n) is 5.25. The van der Waals surface area contributed by atoms with E-state index in [4.69, 9.17) is 23.8 Å². The van der Waals surface area contributed by atoms with Crippen molar-refractivity contribution in [3.8, 4) is 0 Å². The van der Waals surface area contributed by atoms with Gasteiger partial charge in [-0.15, -0.1) is 0 Å². The van der Waals surface area contributed by atoms with E-state index in [1.54, 1.807) is 0 Å². The molecule has 108 valence electrons. The number of Topliss-reactive ketones (excluding diaryl/α,β-unsaturated/α-hetero) is 1. The molecule has 0 spiro atoms.